The van der Waals surface area contributed by atoms with Gasteiger partial charge in [-0.3, -0.25) is 0 Å². The largest absolute Gasteiger partial charge is 0.465 e. The number of benzene rings is 2. The smallest absolute Gasteiger partial charge is 0.339 e. The molecule has 0 aliphatic carbocycles. The molecular weight excluding hydrogens is 256 g/mol. The summed E-state index contributed by atoms with van der Waals surface area (Å²) in [6.45, 7) is 3.98. The van der Waals surface area contributed by atoms with E-state index in [4.69, 9.17) is 4.74 Å². The molecule has 0 saturated carbocycles. The molecule has 0 aliphatic heterocycles. The number of aryl methyl sites for hydroxylation is 2. The number of ether oxygens (including phenoxy) is 1. The Hall–Kier alpha value is -1.74. The maximum atomic E-state index is 11.9. The number of carbonyl (C=O) groups is 1. The lowest BCUT2D eigenvalue weighted by atomic mass is 10.1. The van der Waals surface area contributed by atoms with Gasteiger partial charge in [0.1, 0.15) is 0 Å². The van der Waals surface area contributed by atoms with Gasteiger partial charge in [-0.1, -0.05) is 41.6 Å². The predicted molar refractivity (Wildman–Crippen MR) is 77.8 cm³/mol. The van der Waals surface area contributed by atoms with Gasteiger partial charge in [0.05, 0.1) is 12.7 Å². The van der Waals surface area contributed by atoms with Gasteiger partial charge in [0.15, 0.2) is 0 Å². The predicted octanol–water partition coefficient (Wildman–Crippen LogP) is 4.24. The second kappa shape index (κ2) is 5.93. The van der Waals surface area contributed by atoms with Crippen molar-refractivity contribution in [3.8, 4) is 0 Å². The molecule has 0 N–H and O–H groups in total. The monoisotopic (exact) mass is 272 g/mol. The summed E-state index contributed by atoms with van der Waals surface area (Å²) in [5.74, 6) is -0.284. The van der Waals surface area contributed by atoms with Crippen molar-refractivity contribution < 1.29 is 9.53 Å². The van der Waals surface area contributed by atoms with E-state index in [9.17, 15) is 4.79 Å². The summed E-state index contributed by atoms with van der Waals surface area (Å²) in [6, 6.07) is 14.1. The number of hydrogen-bond donors (Lipinski definition) is 0. The second-order valence-electron chi connectivity index (χ2n) is 4.36. The van der Waals surface area contributed by atoms with Crippen LogP contribution in [0.15, 0.2) is 52.3 Å². The highest BCUT2D eigenvalue weighted by molar-refractivity contribution is 7.99. The van der Waals surface area contributed by atoms with E-state index in [1.807, 2.05) is 37.3 Å². The first-order chi connectivity index (χ1) is 9.11. The Labute approximate surface area is 117 Å². The van der Waals surface area contributed by atoms with Crippen molar-refractivity contribution in [1.82, 2.24) is 0 Å². The van der Waals surface area contributed by atoms with Crippen LogP contribution >= 0.6 is 11.8 Å². The molecule has 0 atom stereocenters. The van der Waals surface area contributed by atoms with E-state index in [0.29, 0.717) is 5.56 Å². The van der Waals surface area contributed by atoms with E-state index in [0.717, 1.165) is 15.4 Å². The van der Waals surface area contributed by atoms with Crippen LogP contribution < -0.4 is 0 Å². The highest BCUT2D eigenvalue weighted by Crippen LogP contribution is 2.32. The standard InChI is InChI=1S/C16H16O2S/c1-11-6-4-8-13(10-11)19-14-9-5-7-12(2)15(14)16(17)18-3/h4-10H,1-3H3. The summed E-state index contributed by atoms with van der Waals surface area (Å²) in [5.41, 5.74) is 2.79. The molecule has 2 aromatic rings. The molecule has 98 valence electrons. The van der Waals surface area contributed by atoms with Crippen LogP contribution in [0.1, 0.15) is 21.5 Å². The zero-order valence-electron chi connectivity index (χ0n) is 11.3. The third-order valence-electron chi connectivity index (χ3n) is 2.84. The summed E-state index contributed by atoms with van der Waals surface area (Å²) in [7, 11) is 1.41. The molecular formula is C16H16O2S. The van der Waals surface area contributed by atoms with Crippen LogP contribution in [-0.4, -0.2) is 13.1 Å². The Morgan fingerprint density at radius 3 is 2.53 bits per heavy atom. The van der Waals surface area contributed by atoms with Crippen molar-refractivity contribution in [2.24, 2.45) is 0 Å². The first kappa shape index (κ1) is 13.7. The van der Waals surface area contributed by atoms with E-state index in [-0.39, 0.29) is 5.97 Å². The molecule has 0 aliphatic rings. The topological polar surface area (TPSA) is 26.3 Å². The van der Waals surface area contributed by atoms with Gasteiger partial charge in [-0.2, -0.15) is 0 Å². The van der Waals surface area contributed by atoms with Crippen molar-refractivity contribution in [3.05, 3.63) is 59.2 Å². The molecule has 2 nitrogen and oxygen atoms in total. The van der Waals surface area contributed by atoms with Crippen molar-refractivity contribution in [3.63, 3.8) is 0 Å². The van der Waals surface area contributed by atoms with Gasteiger partial charge in [0, 0.05) is 9.79 Å². The fraction of sp³-hybridized carbons (Fsp3) is 0.188. The van der Waals surface area contributed by atoms with Gasteiger partial charge < -0.3 is 4.74 Å². The normalized spacial score (nSPS) is 10.3. The van der Waals surface area contributed by atoms with Crippen molar-refractivity contribution in [2.75, 3.05) is 7.11 Å². The van der Waals surface area contributed by atoms with Crippen molar-refractivity contribution in [1.29, 1.82) is 0 Å². The molecule has 19 heavy (non-hydrogen) atoms. The zero-order valence-corrected chi connectivity index (χ0v) is 12.1. The average Bonchev–Trinajstić information content (AvgIpc) is 2.38. The molecule has 0 spiro atoms. The molecule has 0 unspecified atom stereocenters. The number of hydrogen-bond acceptors (Lipinski definition) is 3. The lowest BCUT2D eigenvalue weighted by molar-refractivity contribution is 0.0596. The maximum absolute atomic E-state index is 11.9. The number of rotatable bonds is 3. The molecule has 3 heteroatoms. The van der Waals surface area contributed by atoms with Crippen molar-refractivity contribution >= 4 is 17.7 Å². The quantitative estimate of drug-likeness (QED) is 0.782. The molecule has 2 rings (SSSR count). The lowest BCUT2D eigenvalue weighted by Crippen LogP contribution is -2.05. The van der Waals surface area contributed by atoms with Crippen LogP contribution in [0.2, 0.25) is 0 Å². The molecule has 0 fully saturated rings. The second-order valence-corrected chi connectivity index (χ2v) is 5.47. The summed E-state index contributed by atoms with van der Waals surface area (Å²) in [4.78, 5) is 13.9. The number of carbonyl (C=O) groups excluding carboxylic acids is 1. The Morgan fingerprint density at radius 1 is 1.11 bits per heavy atom. The minimum Gasteiger partial charge on any atom is -0.465 e. The first-order valence-corrected chi connectivity index (χ1v) is 6.86. The summed E-state index contributed by atoms with van der Waals surface area (Å²) in [5, 5.41) is 0. The molecule has 0 amide bonds. The van der Waals surface area contributed by atoms with Gasteiger partial charge in [-0.15, -0.1) is 0 Å². The van der Waals surface area contributed by atoms with Gasteiger partial charge >= 0.3 is 5.97 Å². The van der Waals surface area contributed by atoms with Crippen molar-refractivity contribution in [2.45, 2.75) is 23.6 Å². The Bertz CT molecular complexity index is 605. The molecule has 0 aromatic heterocycles. The number of methoxy groups -OCH3 is 1. The van der Waals surface area contributed by atoms with E-state index < -0.39 is 0 Å². The third-order valence-corrected chi connectivity index (χ3v) is 3.89. The van der Waals surface area contributed by atoms with Crippen LogP contribution in [0, 0.1) is 13.8 Å². The van der Waals surface area contributed by atoms with Gasteiger partial charge in [0.2, 0.25) is 0 Å². The first-order valence-electron chi connectivity index (χ1n) is 6.04. The molecule has 0 saturated heterocycles. The molecule has 0 radical (unpaired) electrons. The van der Waals surface area contributed by atoms with E-state index >= 15 is 0 Å². The average molecular weight is 272 g/mol. The van der Waals surface area contributed by atoms with Gasteiger partial charge in [-0.05, 0) is 37.6 Å². The van der Waals surface area contributed by atoms with Crippen LogP contribution in [0.4, 0.5) is 0 Å². The summed E-state index contributed by atoms with van der Waals surface area (Å²) >= 11 is 1.59. The summed E-state index contributed by atoms with van der Waals surface area (Å²) < 4.78 is 4.87. The lowest BCUT2D eigenvalue weighted by Gasteiger charge is -2.10. The highest BCUT2D eigenvalue weighted by atomic mass is 32.2. The molecule has 0 heterocycles. The third kappa shape index (κ3) is 3.18. The molecule has 2 aromatic carbocycles. The van der Waals surface area contributed by atoms with Crippen LogP contribution in [0.3, 0.4) is 0 Å². The SMILES string of the molecule is COC(=O)c1c(C)cccc1Sc1cccc(C)c1. The summed E-state index contributed by atoms with van der Waals surface area (Å²) in [6.07, 6.45) is 0. The van der Waals surface area contributed by atoms with E-state index in [1.165, 1.54) is 12.7 Å². The van der Waals surface area contributed by atoms with Crippen LogP contribution in [-0.2, 0) is 4.74 Å². The van der Waals surface area contributed by atoms with Crippen LogP contribution in [0.25, 0.3) is 0 Å². The van der Waals surface area contributed by atoms with E-state index in [1.54, 1.807) is 11.8 Å². The minimum absolute atomic E-state index is 0.284. The zero-order chi connectivity index (χ0) is 13.8. The van der Waals surface area contributed by atoms with E-state index in [2.05, 4.69) is 19.1 Å². The Kier molecular flexibility index (Phi) is 4.27. The fourth-order valence-corrected chi connectivity index (χ4v) is 3.03. The van der Waals surface area contributed by atoms with Gasteiger partial charge in [0.25, 0.3) is 0 Å². The highest BCUT2D eigenvalue weighted by Gasteiger charge is 2.15. The Morgan fingerprint density at radius 2 is 1.84 bits per heavy atom. The maximum Gasteiger partial charge on any atom is 0.339 e. The Balaban J connectivity index is 2.40. The molecule has 0 bridgehead atoms. The van der Waals surface area contributed by atoms with Crippen LogP contribution in [0.5, 0.6) is 0 Å². The number of esters is 1. The fourth-order valence-electron chi connectivity index (χ4n) is 1.90. The minimum atomic E-state index is -0.284. The van der Waals surface area contributed by atoms with Gasteiger partial charge in [-0.25, -0.2) is 4.79 Å².